The number of carbonyl (C=O) groups is 2. The van der Waals surface area contributed by atoms with E-state index >= 15 is 0 Å². The Labute approximate surface area is 192 Å². The summed E-state index contributed by atoms with van der Waals surface area (Å²) >= 11 is 0. The number of nitrogens with one attached hydrogen (secondary N) is 1. The molecule has 172 valence electrons. The third-order valence-corrected chi connectivity index (χ3v) is 5.79. The van der Waals surface area contributed by atoms with Gasteiger partial charge in [-0.2, -0.15) is 0 Å². The van der Waals surface area contributed by atoms with Gasteiger partial charge in [0.15, 0.2) is 5.78 Å². The summed E-state index contributed by atoms with van der Waals surface area (Å²) in [6.45, 7) is 4.65. The Bertz CT molecular complexity index is 1220. The lowest BCUT2D eigenvalue weighted by Gasteiger charge is -2.24. The fourth-order valence-electron chi connectivity index (χ4n) is 4.19. The van der Waals surface area contributed by atoms with Gasteiger partial charge >= 0.3 is 5.97 Å². The average Bonchev–Trinajstić information content (AvgIpc) is 3.16. The Hall–Kier alpha value is -3.65. The van der Waals surface area contributed by atoms with Gasteiger partial charge in [0.25, 0.3) is 0 Å². The number of rotatable bonds is 6. The molecule has 1 aliphatic rings. The number of Topliss-reactive ketones (excluding diaryl/α,β-unsaturated/α-hetero) is 1. The first kappa shape index (κ1) is 22.5. The number of esters is 1. The summed E-state index contributed by atoms with van der Waals surface area (Å²) in [5.41, 5.74) is 10.6. The molecule has 0 unspecified atom stereocenters. The highest BCUT2D eigenvalue weighted by Gasteiger charge is 2.20. The lowest BCUT2D eigenvalue weighted by molar-refractivity contribution is -0.111. The standard InChI is InChI=1S/C25H28N4O4/c1-15(26)23(16(2)30)18-6-9-21-22(14-18)29(20-7-4-17(5-8-20)24(31)32-3)25(28-21)27-19-10-12-33-13-11-19/h4-9,14,19H,10-13,26H2,1-3H3,(H,27,28). The number of methoxy groups -OCH3 is 1. The molecule has 33 heavy (non-hydrogen) atoms. The molecular weight excluding hydrogens is 420 g/mol. The summed E-state index contributed by atoms with van der Waals surface area (Å²) in [7, 11) is 1.36. The number of fused-ring (bicyclic) bond motifs is 1. The fourth-order valence-corrected chi connectivity index (χ4v) is 4.19. The van der Waals surface area contributed by atoms with Crippen LogP contribution < -0.4 is 11.1 Å². The molecule has 8 nitrogen and oxygen atoms in total. The molecule has 0 saturated carbocycles. The number of benzene rings is 2. The van der Waals surface area contributed by atoms with Crippen molar-refractivity contribution in [1.29, 1.82) is 0 Å². The van der Waals surface area contributed by atoms with Crippen LogP contribution in [0, 0.1) is 0 Å². The molecule has 1 fully saturated rings. The minimum absolute atomic E-state index is 0.0941. The maximum atomic E-state index is 12.2. The molecule has 0 aliphatic carbocycles. The van der Waals surface area contributed by atoms with E-state index < -0.39 is 5.97 Å². The van der Waals surface area contributed by atoms with Crippen molar-refractivity contribution in [3.63, 3.8) is 0 Å². The molecule has 1 aromatic heterocycles. The summed E-state index contributed by atoms with van der Waals surface area (Å²) in [5.74, 6) is 0.204. The van der Waals surface area contributed by atoms with Gasteiger partial charge in [-0.3, -0.25) is 9.36 Å². The van der Waals surface area contributed by atoms with Gasteiger partial charge in [-0.25, -0.2) is 9.78 Å². The minimum Gasteiger partial charge on any atom is -0.465 e. The molecule has 2 heterocycles. The largest absolute Gasteiger partial charge is 0.465 e. The second kappa shape index (κ2) is 9.46. The van der Waals surface area contributed by atoms with Crippen molar-refractivity contribution >= 4 is 34.3 Å². The number of carbonyl (C=O) groups excluding carboxylic acids is 2. The lowest BCUT2D eigenvalue weighted by Crippen LogP contribution is -2.29. The number of anilines is 1. The van der Waals surface area contributed by atoms with Crippen molar-refractivity contribution in [2.75, 3.05) is 25.6 Å². The molecule has 0 bridgehead atoms. The maximum absolute atomic E-state index is 12.2. The van der Waals surface area contributed by atoms with E-state index in [2.05, 4.69) is 5.32 Å². The Morgan fingerprint density at radius 3 is 2.36 bits per heavy atom. The van der Waals surface area contributed by atoms with Gasteiger partial charge in [-0.15, -0.1) is 0 Å². The van der Waals surface area contributed by atoms with Crippen molar-refractivity contribution < 1.29 is 19.1 Å². The van der Waals surface area contributed by atoms with Crippen molar-refractivity contribution in [3.05, 3.63) is 59.3 Å². The Morgan fingerprint density at radius 1 is 1.09 bits per heavy atom. The monoisotopic (exact) mass is 448 g/mol. The summed E-state index contributed by atoms with van der Waals surface area (Å²) < 4.78 is 12.3. The molecule has 3 N–H and O–H groups in total. The number of imidazole rings is 1. The predicted octanol–water partition coefficient (Wildman–Crippen LogP) is 3.68. The topological polar surface area (TPSA) is 108 Å². The SMILES string of the molecule is COC(=O)c1ccc(-n2c(NC3CCOCC3)nc3ccc(C(C(C)=O)=C(C)N)cc32)cc1. The van der Waals surface area contributed by atoms with E-state index in [0.29, 0.717) is 36.0 Å². The molecule has 0 atom stereocenters. The third kappa shape index (κ3) is 4.61. The van der Waals surface area contributed by atoms with Crippen LogP contribution in [0.15, 0.2) is 48.2 Å². The first-order valence-corrected chi connectivity index (χ1v) is 10.9. The van der Waals surface area contributed by atoms with Crippen molar-refractivity contribution in [2.24, 2.45) is 5.73 Å². The molecule has 2 aromatic carbocycles. The Balaban J connectivity index is 1.86. The molecule has 1 saturated heterocycles. The molecular formula is C25H28N4O4. The summed E-state index contributed by atoms with van der Waals surface area (Å²) in [6, 6.07) is 13.1. The van der Waals surface area contributed by atoms with Gasteiger partial charge in [0.2, 0.25) is 5.95 Å². The van der Waals surface area contributed by atoms with E-state index in [1.165, 1.54) is 14.0 Å². The lowest BCUT2D eigenvalue weighted by atomic mass is 10.0. The van der Waals surface area contributed by atoms with Gasteiger partial charge in [0, 0.05) is 36.2 Å². The number of ether oxygens (including phenoxy) is 2. The van der Waals surface area contributed by atoms with Gasteiger partial charge in [0.1, 0.15) is 0 Å². The second-order valence-corrected chi connectivity index (χ2v) is 8.16. The zero-order chi connectivity index (χ0) is 23.5. The van der Waals surface area contributed by atoms with E-state index in [-0.39, 0.29) is 11.8 Å². The first-order chi connectivity index (χ1) is 15.9. The van der Waals surface area contributed by atoms with Crippen molar-refractivity contribution in [1.82, 2.24) is 9.55 Å². The van der Waals surface area contributed by atoms with Crippen LogP contribution in [-0.2, 0) is 14.3 Å². The predicted molar refractivity (Wildman–Crippen MR) is 127 cm³/mol. The van der Waals surface area contributed by atoms with Crippen LogP contribution in [0.2, 0.25) is 0 Å². The molecule has 3 aromatic rings. The average molecular weight is 449 g/mol. The summed E-state index contributed by atoms with van der Waals surface area (Å²) in [6.07, 6.45) is 1.78. The number of nitrogens with zero attached hydrogens (tertiary/aromatic N) is 2. The van der Waals surface area contributed by atoms with Crippen molar-refractivity contribution in [2.45, 2.75) is 32.7 Å². The van der Waals surface area contributed by atoms with E-state index in [9.17, 15) is 9.59 Å². The van der Waals surface area contributed by atoms with E-state index in [1.54, 1.807) is 19.1 Å². The van der Waals surface area contributed by atoms with Gasteiger partial charge in [-0.1, -0.05) is 6.07 Å². The third-order valence-electron chi connectivity index (χ3n) is 5.79. The second-order valence-electron chi connectivity index (χ2n) is 8.16. The smallest absolute Gasteiger partial charge is 0.337 e. The summed E-state index contributed by atoms with van der Waals surface area (Å²) in [4.78, 5) is 29.0. The van der Waals surface area contributed by atoms with Crippen LogP contribution in [-0.4, -0.2) is 47.7 Å². The highest BCUT2D eigenvalue weighted by molar-refractivity contribution is 6.20. The van der Waals surface area contributed by atoms with E-state index in [4.69, 9.17) is 20.2 Å². The van der Waals surface area contributed by atoms with Gasteiger partial charge in [-0.05, 0) is 68.7 Å². The van der Waals surface area contributed by atoms with E-state index in [0.717, 1.165) is 35.1 Å². The molecule has 0 amide bonds. The Kier molecular flexibility index (Phi) is 6.46. The molecule has 8 heteroatoms. The zero-order valence-electron chi connectivity index (χ0n) is 19.1. The number of hydrogen-bond donors (Lipinski definition) is 2. The van der Waals surface area contributed by atoms with Crippen LogP contribution in [0.25, 0.3) is 22.3 Å². The highest BCUT2D eigenvalue weighted by atomic mass is 16.5. The van der Waals surface area contributed by atoms with E-state index in [1.807, 2.05) is 34.9 Å². The number of hydrogen-bond acceptors (Lipinski definition) is 7. The Morgan fingerprint density at radius 2 is 1.76 bits per heavy atom. The molecule has 0 radical (unpaired) electrons. The van der Waals surface area contributed by atoms with Gasteiger partial charge in [0.05, 0.1) is 23.7 Å². The first-order valence-electron chi connectivity index (χ1n) is 10.9. The normalized spacial score (nSPS) is 15.2. The number of allylic oxidation sites excluding steroid dienone is 2. The van der Waals surface area contributed by atoms with Crippen LogP contribution in [0.1, 0.15) is 42.6 Å². The minimum atomic E-state index is -0.394. The molecule has 1 aliphatic heterocycles. The van der Waals surface area contributed by atoms with Crippen LogP contribution in [0.4, 0.5) is 5.95 Å². The fraction of sp³-hybridized carbons (Fsp3) is 0.320. The number of ketones is 1. The number of aromatic nitrogens is 2. The quantitative estimate of drug-likeness (QED) is 0.437. The summed E-state index contributed by atoms with van der Waals surface area (Å²) in [5, 5.41) is 3.56. The molecule has 4 rings (SSSR count). The van der Waals surface area contributed by atoms with Crippen molar-refractivity contribution in [3.8, 4) is 5.69 Å². The van der Waals surface area contributed by atoms with Gasteiger partial charge < -0.3 is 20.5 Å². The van der Waals surface area contributed by atoms with Crippen LogP contribution in [0.3, 0.4) is 0 Å². The molecule has 0 spiro atoms. The van der Waals surface area contributed by atoms with Crippen LogP contribution >= 0.6 is 0 Å². The maximum Gasteiger partial charge on any atom is 0.337 e. The highest BCUT2D eigenvalue weighted by Crippen LogP contribution is 2.30. The number of nitrogens with two attached hydrogens (primary N) is 1. The zero-order valence-corrected chi connectivity index (χ0v) is 19.1. The van der Waals surface area contributed by atoms with Crippen LogP contribution in [0.5, 0.6) is 0 Å².